The van der Waals surface area contributed by atoms with E-state index in [0.717, 1.165) is 11.4 Å². The molecule has 1 aliphatic heterocycles. The molecule has 0 bridgehead atoms. The van der Waals surface area contributed by atoms with Crippen molar-refractivity contribution in [1.29, 1.82) is 0 Å². The molecule has 0 spiro atoms. The fourth-order valence-electron chi connectivity index (χ4n) is 1.43. The predicted octanol–water partition coefficient (Wildman–Crippen LogP) is 1.78. The van der Waals surface area contributed by atoms with E-state index in [4.69, 9.17) is 12.2 Å². The van der Waals surface area contributed by atoms with Crippen molar-refractivity contribution < 1.29 is 0 Å². The van der Waals surface area contributed by atoms with Crippen LogP contribution in [0.4, 0.5) is 0 Å². The molecule has 74 valence electrons. The molecule has 2 nitrogen and oxygen atoms in total. The van der Waals surface area contributed by atoms with E-state index < -0.39 is 0 Å². The first kappa shape index (κ1) is 10.5. The minimum absolute atomic E-state index is 0.495. The monoisotopic (exact) mass is 198 g/mol. The summed E-state index contributed by atoms with van der Waals surface area (Å²) >= 11 is 5.18. The Bertz CT molecular complexity index is 231. The fourth-order valence-corrected chi connectivity index (χ4v) is 1.71. The van der Waals surface area contributed by atoms with Gasteiger partial charge in [-0.15, -0.1) is 0 Å². The molecular formula is C10H18N2S. The maximum Gasteiger partial charge on any atom is 0.101 e. The first-order valence-corrected chi connectivity index (χ1v) is 5.10. The molecule has 0 aliphatic carbocycles. The van der Waals surface area contributed by atoms with Crippen molar-refractivity contribution in [3.05, 3.63) is 11.8 Å². The SMILES string of the molecule is CC(C)[C@H]1CC(N(C)C)=CC(=S)N1. The molecule has 0 saturated carbocycles. The van der Waals surface area contributed by atoms with Crippen LogP contribution in [0.5, 0.6) is 0 Å². The molecule has 3 heteroatoms. The van der Waals surface area contributed by atoms with Crippen LogP contribution in [-0.2, 0) is 0 Å². The second-order valence-electron chi connectivity index (χ2n) is 4.09. The van der Waals surface area contributed by atoms with Crippen molar-refractivity contribution >= 4 is 17.2 Å². The van der Waals surface area contributed by atoms with Gasteiger partial charge >= 0.3 is 0 Å². The van der Waals surface area contributed by atoms with E-state index in [-0.39, 0.29) is 0 Å². The Hall–Kier alpha value is -0.570. The summed E-state index contributed by atoms with van der Waals surface area (Å²) in [6.07, 6.45) is 3.12. The number of rotatable bonds is 2. The van der Waals surface area contributed by atoms with Gasteiger partial charge < -0.3 is 10.2 Å². The minimum atomic E-state index is 0.495. The Morgan fingerprint density at radius 2 is 2.15 bits per heavy atom. The minimum Gasteiger partial charge on any atom is -0.381 e. The van der Waals surface area contributed by atoms with Gasteiger partial charge in [0.25, 0.3) is 0 Å². The van der Waals surface area contributed by atoms with Crippen LogP contribution < -0.4 is 5.32 Å². The third kappa shape index (κ3) is 2.69. The van der Waals surface area contributed by atoms with Gasteiger partial charge in [-0.05, 0) is 12.0 Å². The average Bonchev–Trinajstić information content (AvgIpc) is 2.03. The zero-order valence-corrected chi connectivity index (χ0v) is 9.61. The molecule has 0 aromatic rings. The largest absolute Gasteiger partial charge is 0.381 e. The zero-order chi connectivity index (χ0) is 10.0. The van der Waals surface area contributed by atoms with Crippen LogP contribution in [0.15, 0.2) is 11.8 Å². The molecule has 0 fully saturated rings. The van der Waals surface area contributed by atoms with Gasteiger partial charge in [-0.2, -0.15) is 0 Å². The summed E-state index contributed by atoms with van der Waals surface area (Å²) in [6, 6.07) is 0.495. The Morgan fingerprint density at radius 1 is 1.54 bits per heavy atom. The van der Waals surface area contributed by atoms with Crippen LogP contribution in [0.1, 0.15) is 20.3 Å². The topological polar surface area (TPSA) is 15.3 Å². The summed E-state index contributed by atoms with van der Waals surface area (Å²) < 4.78 is 0. The Kier molecular flexibility index (Phi) is 3.31. The van der Waals surface area contributed by atoms with Gasteiger partial charge in [0.2, 0.25) is 0 Å². The summed E-state index contributed by atoms with van der Waals surface area (Å²) in [6.45, 7) is 4.44. The van der Waals surface area contributed by atoms with Crippen molar-refractivity contribution in [2.24, 2.45) is 5.92 Å². The van der Waals surface area contributed by atoms with Crippen molar-refractivity contribution in [2.75, 3.05) is 14.1 Å². The van der Waals surface area contributed by atoms with Crippen LogP contribution in [0.3, 0.4) is 0 Å². The molecule has 1 aliphatic rings. The van der Waals surface area contributed by atoms with Gasteiger partial charge in [-0.25, -0.2) is 0 Å². The molecule has 13 heavy (non-hydrogen) atoms. The summed E-state index contributed by atoms with van der Waals surface area (Å²) in [7, 11) is 4.13. The summed E-state index contributed by atoms with van der Waals surface area (Å²) in [4.78, 5) is 3.01. The predicted molar refractivity (Wildman–Crippen MR) is 60.7 cm³/mol. The fraction of sp³-hybridized carbons (Fsp3) is 0.700. The van der Waals surface area contributed by atoms with E-state index in [1.54, 1.807) is 0 Å². The lowest BCUT2D eigenvalue weighted by atomic mass is 9.96. The maximum absolute atomic E-state index is 5.18. The van der Waals surface area contributed by atoms with E-state index in [1.165, 1.54) is 5.70 Å². The van der Waals surface area contributed by atoms with Crippen molar-refractivity contribution in [3.8, 4) is 0 Å². The maximum atomic E-state index is 5.18. The molecule has 1 heterocycles. The number of hydrogen-bond acceptors (Lipinski definition) is 2. The number of thiocarbonyl (C=S) groups is 1. The van der Waals surface area contributed by atoms with Crippen LogP contribution in [0, 0.1) is 5.92 Å². The first-order valence-electron chi connectivity index (χ1n) is 4.69. The molecule has 0 saturated heterocycles. The third-order valence-corrected chi connectivity index (χ3v) is 2.67. The van der Waals surface area contributed by atoms with E-state index in [2.05, 4.69) is 38.2 Å². The van der Waals surface area contributed by atoms with Crippen LogP contribution in [-0.4, -0.2) is 30.0 Å². The second kappa shape index (κ2) is 4.09. The molecule has 1 atom stereocenters. The van der Waals surface area contributed by atoms with Crippen LogP contribution in [0.2, 0.25) is 0 Å². The summed E-state index contributed by atoms with van der Waals surface area (Å²) in [5, 5.41) is 3.33. The quantitative estimate of drug-likeness (QED) is 0.681. The summed E-state index contributed by atoms with van der Waals surface area (Å²) in [5.41, 5.74) is 1.32. The standard InChI is InChI=1S/C10H18N2S/c1-7(2)9-5-8(12(3)4)6-10(13)11-9/h6-7,9H,5H2,1-4H3,(H,11,13)/t9-/m1/s1. The van der Waals surface area contributed by atoms with Crippen molar-refractivity contribution in [2.45, 2.75) is 26.3 Å². The van der Waals surface area contributed by atoms with Gasteiger partial charge in [-0.3, -0.25) is 0 Å². The number of nitrogens with zero attached hydrogens (tertiary/aromatic N) is 1. The molecule has 0 aromatic heterocycles. The zero-order valence-electron chi connectivity index (χ0n) is 8.79. The molecule has 0 unspecified atom stereocenters. The van der Waals surface area contributed by atoms with Crippen molar-refractivity contribution in [1.82, 2.24) is 10.2 Å². The van der Waals surface area contributed by atoms with E-state index in [0.29, 0.717) is 12.0 Å². The Balaban J connectivity index is 2.73. The highest BCUT2D eigenvalue weighted by Crippen LogP contribution is 2.18. The normalized spacial score (nSPS) is 22.7. The van der Waals surface area contributed by atoms with Gasteiger partial charge in [0, 0.05) is 32.3 Å². The molecule has 1 N–H and O–H groups in total. The molecule has 0 radical (unpaired) electrons. The Labute approximate surface area is 86.0 Å². The van der Waals surface area contributed by atoms with Crippen LogP contribution in [0.25, 0.3) is 0 Å². The van der Waals surface area contributed by atoms with Gasteiger partial charge in [-0.1, -0.05) is 26.1 Å². The average molecular weight is 198 g/mol. The second-order valence-corrected chi connectivity index (χ2v) is 4.53. The first-order chi connectivity index (χ1) is 6.00. The highest BCUT2D eigenvalue weighted by molar-refractivity contribution is 7.80. The molecule has 1 rings (SSSR count). The lowest BCUT2D eigenvalue weighted by molar-refractivity contribution is 0.390. The van der Waals surface area contributed by atoms with Crippen LogP contribution >= 0.6 is 12.2 Å². The summed E-state index contributed by atoms with van der Waals surface area (Å²) in [5.74, 6) is 0.626. The lowest BCUT2D eigenvalue weighted by Gasteiger charge is -2.31. The third-order valence-electron chi connectivity index (χ3n) is 2.43. The van der Waals surface area contributed by atoms with E-state index in [1.807, 2.05) is 6.08 Å². The molecule has 0 aromatic carbocycles. The lowest BCUT2D eigenvalue weighted by Crippen LogP contribution is -2.42. The van der Waals surface area contributed by atoms with Gasteiger partial charge in [0.05, 0.1) is 0 Å². The van der Waals surface area contributed by atoms with Gasteiger partial charge in [0.1, 0.15) is 4.99 Å². The highest BCUT2D eigenvalue weighted by atomic mass is 32.1. The number of nitrogens with one attached hydrogen (secondary N) is 1. The molecular weight excluding hydrogens is 180 g/mol. The molecule has 0 amide bonds. The Morgan fingerprint density at radius 3 is 2.62 bits per heavy atom. The highest BCUT2D eigenvalue weighted by Gasteiger charge is 2.20. The smallest absolute Gasteiger partial charge is 0.101 e. The van der Waals surface area contributed by atoms with E-state index in [9.17, 15) is 0 Å². The van der Waals surface area contributed by atoms with E-state index >= 15 is 0 Å². The van der Waals surface area contributed by atoms with Crippen molar-refractivity contribution in [3.63, 3.8) is 0 Å². The number of hydrogen-bond donors (Lipinski definition) is 1. The van der Waals surface area contributed by atoms with Gasteiger partial charge in [0.15, 0.2) is 0 Å².